The molecule has 0 aliphatic heterocycles. The van der Waals surface area contributed by atoms with E-state index in [9.17, 15) is 0 Å². The number of nitrogens with zero attached hydrogens (tertiary/aromatic N) is 2. The molecule has 0 bridgehead atoms. The largest absolute Gasteiger partial charge is 0.367 e. The molecule has 2 nitrogen and oxygen atoms in total. The molecule has 0 aliphatic rings. The third-order valence-electron chi connectivity index (χ3n) is 8.66. The van der Waals surface area contributed by atoms with Gasteiger partial charge in [-0.3, -0.25) is 4.98 Å². The molecular weight excluding hydrogens is 713 g/mol. The molecule has 3 heteroatoms. The topological polar surface area (TPSA) is 17.8 Å². The summed E-state index contributed by atoms with van der Waals surface area (Å²) in [6.45, 7) is 4.58. The number of aromatic nitrogens is 2. The van der Waals surface area contributed by atoms with Crippen LogP contribution in [0.2, 0.25) is 0 Å². The second-order valence-corrected chi connectivity index (χ2v) is 11.7. The molecule has 0 N–H and O–H groups in total. The van der Waals surface area contributed by atoms with E-state index in [4.69, 9.17) is 4.98 Å². The average molecular weight is 746 g/mol. The Morgan fingerprint density at radius 2 is 1.09 bits per heavy atom. The number of fused-ring (bicyclic) bond motifs is 1. The van der Waals surface area contributed by atoms with Gasteiger partial charge in [0, 0.05) is 32.6 Å². The van der Waals surface area contributed by atoms with E-state index in [0.29, 0.717) is 0 Å². The summed E-state index contributed by atoms with van der Waals surface area (Å²) in [5.74, 6) is 0.921. The van der Waals surface area contributed by atoms with E-state index in [1.54, 1.807) is 0 Å². The van der Waals surface area contributed by atoms with Gasteiger partial charge in [0.25, 0.3) is 0 Å². The summed E-state index contributed by atoms with van der Waals surface area (Å²) in [6, 6.07) is 55.3. The van der Waals surface area contributed by atoms with Crippen molar-refractivity contribution in [3.63, 3.8) is 0 Å². The van der Waals surface area contributed by atoms with Gasteiger partial charge in [-0.2, -0.15) is 0 Å². The van der Waals surface area contributed by atoms with Crippen molar-refractivity contribution in [2.45, 2.75) is 19.3 Å². The van der Waals surface area contributed by atoms with Gasteiger partial charge in [-0.1, -0.05) is 117 Å². The summed E-state index contributed by atoms with van der Waals surface area (Å²) in [4.78, 5) is 4.89. The minimum absolute atomic E-state index is 0. The Hall–Kier alpha value is -4.56. The van der Waals surface area contributed by atoms with Crippen molar-refractivity contribution in [2.75, 3.05) is 0 Å². The van der Waals surface area contributed by atoms with Gasteiger partial charge in [0.1, 0.15) is 0 Å². The molecule has 0 saturated heterocycles. The van der Waals surface area contributed by atoms with E-state index < -0.39 is 0 Å². The summed E-state index contributed by atoms with van der Waals surface area (Å²) in [5.41, 5.74) is 12.8. The van der Waals surface area contributed by atoms with E-state index >= 15 is 0 Å². The fraction of sp³-hybridized carbons (Fsp3) is 0.0976. The molecule has 0 fully saturated rings. The summed E-state index contributed by atoms with van der Waals surface area (Å²) >= 11 is 0. The third-order valence-corrected chi connectivity index (χ3v) is 8.66. The van der Waals surface area contributed by atoms with E-state index in [2.05, 4.69) is 165 Å². The van der Waals surface area contributed by atoms with Crippen molar-refractivity contribution in [1.29, 1.82) is 0 Å². The minimum Gasteiger partial charge on any atom is -0.367 e. The van der Waals surface area contributed by atoms with Crippen LogP contribution in [0.3, 0.4) is 0 Å². The first-order chi connectivity index (χ1) is 21.0. The number of aryl methyl sites for hydroxylation is 1. The first-order valence-corrected chi connectivity index (χ1v) is 14.8. The van der Waals surface area contributed by atoms with Crippen molar-refractivity contribution in [3.05, 3.63) is 163 Å². The minimum atomic E-state index is -0.0547. The van der Waals surface area contributed by atoms with Gasteiger partial charge in [0.2, 0.25) is 0 Å². The molecule has 0 spiro atoms. The monoisotopic (exact) mass is 746 g/mol. The number of hydrogen-bond donors (Lipinski definition) is 0. The van der Waals surface area contributed by atoms with Crippen LogP contribution < -0.4 is 0 Å². The van der Waals surface area contributed by atoms with Crippen LogP contribution in [0.5, 0.6) is 0 Å². The molecule has 6 aromatic carbocycles. The first-order valence-electron chi connectivity index (χ1n) is 14.8. The molecule has 1 aromatic heterocycles. The zero-order valence-corrected chi connectivity index (χ0v) is 27.5. The van der Waals surface area contributed by atoms with Gasteiger partial charge in [0.15, 0.2) is 0 Å². The number of imidazole rings is 1. The maximum Gasteiger partial charge on any atom is 0.0770 e. The summed E-state index contributed by atoms with van der Waals surface area (Å²) in [5, 5.41) is 0. The van der Waals surface area contributed by atoms with E-state index in [0.717, 1.165) is 28.0 Å². The van der Waals surface area contributed by atoms with Crippen LogP contribution in [0.1, 0.15) is 25.0 Å². The quantitative estimate of drug-likeness (QED) is 0.155. The van der Waals surface area contributed by atoms with Crippen LogP contribution in [0.4, 0.5) is 0 Å². The predicted molar refractivity (Wildman–Crippen MR) is 180 cm³/mol. The molecular formula is C41H33IrN2-. The summed E-state index contributed by atoms with van der Waals surface area (Å²) < 4.78 is 2.14. The van der Waals surface area contributed by atoms with Crippen LogP contribution in [-0.4, -0.2) is 9.55 Å². The molecule has 0 atom stereocenters. The standard InChI is InChI=1S/C41H33N2.Ir/c1-41(2,36-18-5-4-6-19-36)37-24-22-29(23-25-37)30-12-9-13-31(26-30)32-14-10-15-33(27-32)34-16-11-17-35(28-34)40-42-38-20-7-8-21-39(38)43(40)3;/h4-16,18-28H,1-3H3;/q-1;. The van der Waals surface area contributed by atoms with Crippen molar-refractivity contribution in [3.8, 4) is 44.8 Å². The molecule has 0 aliphatic carbocycles. The average Bonchev–Trinajstić information content (AvgIpc) is 3.41. The van der Waals surface area contributed by atoms with Gasteiger partial charge in [-0.05, 0) is 63.2 Å². The molecule has 1 heterocycles. The van der Waals surface area contributed by atoms with Gasteiger partial charge in [0.05, 0.1) is 16.9 Å². The fourth-order valence-corrected chi connectivity index (χ4v) is 6.02. The molecule has 0 unspecified atom stereocenters. The van der Waals surface area contributed by atoms with Crippen molar-refractivity contribution < 1.29 is 20.1 Å². The van der Waals surface area contributed by atoms with Crippen molar-refractivity contribution in [2.24, 2.45) is 7.05 Å². The smallest absolute Gasteiger partial charge is 0.0770 e. The number of para-hydroxylation sites is 2. The number of benzene rings is 6. The molecule has 0 amide bonds. The van der Waals surface area contributed by atoms with Crippen LogP contribution in [0, 0.1) is 6.07 Å². The third kappa shape index (κ3) is 5.57. The molecule has 44 heavy (non-hydrogen) atoms. The Balaban J connectivity index is 0.00000343. The van der Waals surface area contributed by atoms with Crippen molar-refractivity contribution >= 4 is 11.0 Å². The Morgan fingerprint density at radius 3 is 1.73 bits per heavy atom. The van der Waals surface area contributed by atoms with Crippen LogP contribution in [0.25, 0.3) is 55.8 Å². The first kappa shape index (κ1) is 29.5. The Kier molecular flexibility index (Phi) is 8.19. The number of hydrogen-bond acceptors (Lipinski definition) is 1. The maximum absolute atomic E-state index is 4.89. The van der Waals surface area contributed by atoms with E-state index in [-0.39, 0.29) is 25.5 Å². The molecule has 217 valence electrons. The SMILES string of the molecule is Cn1c(-c2[c-]ccc(-c3cccc(-c4cccc(-c5ccc(C(C)(C)c6ccccc6)cc5)c4)c3)c2)nc2ccccc21.[Ir]. The van der Waals surface area contributed by atoms with Gasteiger partial charge < -0.3 is 4.57 Å². The second kappa shape index (κ2) is 12.2. The molecule has 1 radical (unpaired) electrons. The number of rotatable bonds is 6. The van der Waals surface area contributed by atoms with Gasteiger partial charge in [-0.15, -0.1) is 35.4 Å². The zero-order chi connectivity index (χ0) is 29.4. The van der Waals surface area contributed by atoms with Gasteiger partial charge >= 0.3 is 0 Å². The molecule has 0 saturated carbocycles. The maximum atomic E-state index is 4.89. The van der Waals surface area contributed by atoms with Crippen molar-refractivity contribution in [1.82, 2.24) is 9.55 Å². The van der Waals surface area contributed by atoms with E-state index in [1.807, 2.05) is 12.1 Å². The normalized spacial score (nSPS) is 11.3. The van der Waals surface area contributed by atoms with Crippen LogP contribution >= 0.6 is 0 Å². The second-order valence-electron chi connectivity index (χ2n) is 11.7. The van der Waals surface area contributed by atoms with Crippen LogP contribution in [-0.2, 0) is 32.6 Å². The fourth-order valence-electron chi connectivity index (χ4n) is 6.02. The summed E-state index contributed by atoms with van der Waals surface area (Å²) in [6.07, 6.45) is 0. The Labute approximate surface area is 273 Å². The van der Waals surface area contributed by atoms with Gasteiger partial charge in [-0.25, -0.2) is 0 Å². The summed E-state index contributed by atoms with van der Waals surface area (Å²) in [7, 11) is 2.07. The predicted octanol–water partition coefficient (Wildman–Crippen LogP) is 10.4. The Bertz CT molecular complexity index is 2050. The molecule has 7 aromatic rings. The zero-order valence-electron chi connectivity index (χ0n) is 25.1. The van der Waals surface area contributed by atoms with E-state index in [1.165, 1.54) is 38.9 Å². The Morgan fingerprint density at radius 1 is 0.545 bits per heavy atom. The molecule has 7 rings (SSSR count). The van der Waals surface area contributed by atoms with Crippen LogP contribution in [0.15, 0.2) is 146 Å².